The van der Waals surface area contributed by atoms with Crippen molar-refractivity contribution in [3.63, 3.8) is 0 Å². The number of amides is 1. The summed E-state index contributed by atoms with van der Waals surface area (Å²) in [5, 5.41) is 10.5. The first kappa shape index (κ1) is 17.7. The van der Waals surface area contributed by atoms with Gasteiger partial charge < -0.3 is 10.1 Å². The summed E-state index contributed by atoms with van der Waals surface area (Å²) in [5.41, 5.74) is 0.914. The highest BCUT2D eigenvalue weighted by Gasteiger charge is 2.24. The lowest BCUT2D eigenvalue weighted by Gasteiger charge is -2.29. The average molecular weight is 361 g/mol. The summed E-state index contributed by atoms with van der Waals surface area (Å²) >= 11 is 1.34. The molecule has 2 N–H and O–H groups in total. The predicted molar refractivity (Wildman–Crippen MR) is 95.6 cm³/mol. The Labute approximate surface area is 151 Å². The summed E-state index contributed by atoms with van der Waals surface area (Å²) in [6.07, 6.45) is 5.70. The molecule has 0 aromatic carbocycles. The van der Waals surface area contributed by atoms with Gasteiger partial charge in [0.15, 0.2) is 0 Å². The van der Waals surface area contributed by atoms with Crippen molar-refractivity contribution in [3.8, 4) is 5.75 Å². The van der Waals surface area contributed by atoms with Crippen LogP contribution in [0.3, 0.4) is 0 Å². The van der Waals surface area contributed by atoms with Crippen LogP contribution in [0, 0.1) is 13.8 Å². The molecule has 134 valence electrons. The largest absolute Gasteiger partial charge is 0.489 e. The molecule has 0 unspecified atom stereocenters. The number of nitrogens with zero attached hydrogens (tertiary/aromatic N) is 3. The van der Waals surface area contributed by atoms with Crippen molar-refractivity contribution < 1.29 is 9.53 Å². The zero-order valence-electron chi connectivity index (χ0n) is 14.5. The summed E-state index contributed by atoms with van der Waals surface area (Å²) in [4.78, 5) is 20.5. The van der Waals surface area contributed by atoms with E-state index in [2.05, 4.69) is 25.5 Å². The van der Waals surface area contributed by atoms with Gasteiger partial charge in [0.25, 0.3) is 0 Å². The highest BCUT2D eigenvalue weighted by atomic mass is 32.2. The van der Waals surface area contributed by atoms with Gasteiger partial charge in [-0.2, -0.15) is 0 Å². The van der Waals surface area contributed by atoms with Gasteiger partial charge in [0.2, 0.25) is 11.1 Å². The van der Waals surface area contributed by atoms with Gasteiger partial charge in [-0.3, -0.25) is 14.9 Å². The number of carbonyl (C=O) groups excluding carboxylic acids is 1. The second-order valence-corrected chi connectivity index (χ2v) is 7.18. The summed E-state index contributed by atoms with van der Waals surface area (Å²) in [6, 6.07) is 4.07. The number of hydrogen-bond acceptors (Lipinski definition) is 6. The molecular formula is C17H23N5O2S. The Bertz CT molecular complexity index is 713. The van der Waals surface area contributed by atoms with Gasteiger partial charge in [0.1, 0.15) is 11.6 Å². The fourth-order valence-corrected chi connectivity index (χ4v) is 3.54. The fourth-order valence-electron chi connectivity index (χ4n) is 2.88. The average Bonchev–Trinajstić information content (AvgIpc) is 3.02. The fraction of sp³-hybridized carbons (Fsp3) is 0.529. The molecule has 0 bridgehead atoms. The van der Waals surface area contributed by atoms with Crippen LogP contribution in [-0.4, -0.2) is 44.0 Å². The van der Waals surface area contributed by atoms with Gasteiger partial charge >= 0.3 is 0 Å². The Kier molecular flexibility index (Phi) is 5.91. The highest BCUT2D eigenvalue weighted by Crippen LogP contribution is 2.25. The van der Waals surface area contributed by atoms with Gasteiger partial charge in [-0.25, -0.2) is 4.98 Å². The Morgan fingerprint density at radius 3 is 2.84 bits per heavy atom. The molecule has 2 aromatic heterocycles. The molecule has 25 heavy (non-hydrogen) atoms. The minimum absolute atomic E-state index is 0.0277. The molecule has 7 nitrogen and oxygen atoms in total. The molecule has 0 saturated heterocycles. The Morgan fingerprint density at radius 1 is 1.36 bits per heavy atom. The van der Waals surface area contributed by atoms with Crippen LogP contribution >= 0.6 is 11.8 Å². The van der Waals surface area contributed by atoms with Crippen molar-refractivity contribution in [1.82, 2.24) is 25.5 Å². The van der Waals surface area contributed by atoms with E-state index in [1.165, 1.54) is 11.8 Å². The molecule has 3 rings (SSSR count). The summed E-state index contributed by atoms with van der Waals surface area (Å²) in [5.74, 6) is 1.97. The molecule has 2 heterocycles. The number of aryl methyl sites for hydroxylation is 2. The monoisotopic (exact) mass is 361 g/mol. The van der Waals surface area contributed by atoms with Crippen LogP contribution in [0.4, 0.5) is 0 Å². The van der Waals surface area contributed by atoms with E-state index < -0.39 is 0 Å². The molecule has 0 atom stereocenters. The summed E-state index contributed by atoms with van der Waals surface area (Å²) in [6.45, 7) is 3.79. The minimum Gasteiger partial charge on any atom is -0.489 e. The van der Waals surface area contributed by atoms with Crippen LogP contribution in [0.25, 0.3) is 0 Å². The van der Waals surface area contributed by atoms with E-state index in [1.54, 1.807) is 6.20 Å². The zero-order chi connectivity index (χ0) is 17.6. The number of aromatic amines is 1. The highest BCUT2D eigenvalue weighted by molar-refractivity contribution is 7.99. The van der Waals surface area contributed by atoms with Crippen molar-refractivity contribution in [3.05, 3.63) is 29.8 Å². The number of rotatable bonds is 6. The first-order valence-corrected chi connectivity index (χ1v) is 9.48. The van der Waals surface area contributed by atoms with Crippen LogP contribution < -0.4 is 10.1 Å². The van der Waals surface area contributed by atoms with Crippen LogP contribution in [0.2, 0.25) is 0 Å². The van der Waals surface area contributed by atoms with E-state index in [0.29, 0.717) is 10.9 Å². The van der Waals surface area contributed by atoms with Crippen molar-refractivity contribution in [1.29, 1.82) is 0 Å². The standard InChI is InChI=1S/C17H23N5O2S/c1-11-15(4-3-9-18-11)24-14-7-5-13(6-8-14)20-16(23)10-25-17-19-12(2)21-22-17/h3-4,9,13-14H,5-8,10H2,1-2H3,(H,20,23)(H,19,21,22). The molecule has 0 radical (unpaired) electrons. The smallest absolute Gasteiger partial charge is 0.230 e. The van der Waals surface area contributed by atoms with E-state index in [1.807, 2.05) is 26.0 Å². The molecule has 0 spiro atoms. The van der Waals surface area contributed by atoms with E-state index in [9.17, 15) is 4.79 Å². The molecule has 8 heteroatoms. The van der Waals surface area contributed by atoms with Crippen molar-refractivity contribution in [2.75, 3.05) is 5.75 Å². The summed E-state index contributed by atoms with van der Waals surface area (Å²) in [7, 11) is 0. The number of thioether (sulfide) groups is 1. The van der Waals surface area contributed by atoms with Gasteiger partial charge in [-0.1, -0.05) is 11.8 Å². The SMILES string of the molecule is Cc1nc(SCC(=O)NC2CCC(Oc3cccnc3C)CC2)n[nH]1. The van der Waals surface area contributed by atoms with Crippen molar-refractivity contribution >= 4 is 17.7 Å². The topological polar surface area (TPSA) is 92.8 Å². The van der Waals surface area contributed by atoms with Crippen LogP contribution in [0.5, 0.6) is 5.75 Å². The van der Waals surface area contributed by atoms with E-state index in [4.69, 9.17) is 4.74 Å². The number of hydrogen-bond donors (Lipinski definition) is 2. The van der Waals surface area contributed by atoms with E-state index in [-0.39, 0.29) is 18.1 Å². The molecule has 1 saturated carbocycles. The van der Waals surface area contributed by atoms with E-state index >= 15 is 0 Å². The third kappa shape index (κ3) is 5.19. The Morgan fingerprint density at radius 2 is 2.16 bits per heavy atom. The third-order valence-corrected chi connectivity index (χ3v) is 5.05. The van der Waals surface area contributed by atoms with Gasteiger partial charge in [0, 0.05) is 12.2 Å². The Hall–Kier alpha value is -2.09. The quantitative estimate of drug-likeness (QED) is 0.768. The first-order valence-electron chi connectivity index (χ1n) is 8.49. The molecule has 1 aliphatic carbocycles. The number of carbonyl (C=O) groups is 1. The number of pyridine rings is 1. The van der Waals surface area contributed by atoms with E-state index in [0.717, 1.165) is 43.0 Å². The van der Waals surface area contributed by atoms with Crippen molar-refractivity contribution in [2.45, 2.75) is 56.8 Å². The maximum absolute atomic E-state index is 12.1. The number of aromatic nitrogens is 4. The third-order valence-electron chi connectivity index (χ3n) is 4.20. The molecule has 1 fully saturated rings. The lowest BCUT2D eigenvalue weighted by Crippen LogP contribution is -2.40. The normalized spacial score (nSPS) is 20.2. The van der Waals surface area contributed by atoms with Gasteiger partial charge in [-0.15, -0.1) is 5.10 Å². The molecule has 1 amide bonds. The maximum atomic E-state index is 12.1. The molecule has 2 aromatic rings. The van der Waals surface area contributed by atoms with Crippen LogP contribution in [0.1, 0.15) is 37.2 Å². The van der Waals surface area contributed by atoms with Crippen LogP contribution in [-0.2, 0) is 4.79 Å². The molecule has 0 aliphatic heterocycles. The van der Waals surface area contributed by atoms with Gasteiger partial charge in [-0.05, 0) is 51.7 Å². The number of ether oxygens (including phenoxy) is 1. The van der Waals surface area contributed by atoms with Crippen LogP contribution in [0.15, 0.2) is 23.5 Å². The lowest BCUT2D eigenvalue weighted by molar-refractivity contribution is -0.119. The lowest BCUT2D eigenvalue weighted by atomic mass is 9.93. The predicted octanol–water partition coefficient (Wildman–Crippen LogP) is 2.42. The first-order chi connectivity index (χ1) is 12.1. The van der Waals surface area contributed by atoms with Crippen molar-refractivity contribution in [2.24, 2.45) is 0 Å². The Balaban J connectivity index is 1.38. The van der Waals surface area contributed by atoms with Gasteiger partial charge in [0.05, 0.1) is 17.6 Å². The number of nitrogens with one attached hydrogen (secondary N) is 2. The molecular weight excluding hydrogens is 338 g/mol. The second-order valence-electron chi connectivity index (χ2n) is 6.24. The second kappa shape index (κ2) is 8.33. The zero-order valence-corrected chi connectivity index (χ0v) is 15.3. The molecule has 1 aliphatic rings. The summed E-state index contributed by atoms with van der Waals surface area (Å²) < 4.78 is 6.05. The maximum Gasteiger partial charge on any atom is 0.230 e. The minimum atomic E-state index is 0.0277. The number of H-pyrrole nitrogens is 1.